The van der Waals surface area contributed by atoms with Crippen LogP contribution in [0.2, 0.25) is 0 Å². The molecule has 0 spiro atoms. The van der Waals surface area contributed by atoms with E-state index in [-0.39, 0.29) is 23.8 Å². The summed E-state index contributed by atoms with van der Waals surface area (Å²) in [6.45, 7) is 0.491. The molecule has 0 aliphatic rings. The van der Waals surface area contributed by atoms with Gasteiger partial charge in [-0.1, -0.05) is 24.3 Å². The zero-order valence-electron chi connectivity index (χ0n) is 11.4. The van der Waals surface area contributed by atoms with Gasteiger partial charge in [0.1, 0.15) is 5.82 Å². The van der Waals surface area contributed by atoms with Gasteiger partial charge in [-0.2, -0.15) is 0 Å². The lowest BCUT2D eigenvalue weighted by atomic mass is 10.1. The molecule has 2 rings (SSSR count). The topological polar surface area (TPSA) is 72.2 Å². The molecule has 0 aliphatic carbocycles. The molecular weight excluding hydrogens is 291 g/mol. The molecule has 0 aromatic heterocycles. The maximum absolute atomic E-state index is 13.0. The van der Waals surface area contributed by atoms with Crippen molar-refractivity contribution in [3.8, 4) is 0 Å². The summed E-state index contributed by atoms with van der Waals surface area (Å²) in [7, 11) is -3.57. The molecule has 21 heavy (non-hydrogen) atoms. The maximum Gasteiger partial charge on any atom is 0.240 e. The standard InChI is InChI=1S/C15H17FN2O2S/c16-14-5-1-3-12(9-14)7-8-18-21(19,20)15-6-2-4-13(10-15)11-17/h1-6,9-10,18H,7-8,11,17H2. The SMILES string of the molecule is NCc1cccc(S(=O)(=O)NCCc2cccc(F)c2)c1. The van der Waals surface area contributed by atoms with Gasteiger partial charge in [0.15, 0.2) is 0 Å². The highest BCUT2D eigenvalue weighted by Crippen LogP contribution is 2.11. The summed E-state index contributed by atoms with van der Waals surface area (Å²) >= 11 is 0. The zero-order chi connectivity index (χ0) is 15.3. The Morgan fingerprint density at radius 1 is 1.05 bits per heavy atom. The van der Waals surface area contributed by atoms with E-state index in [1.807, 2.05) is 0 Å². The first-order chi connectivity index (χ1) is 10.0. The summed E-state index contributed by atoms with van der Waals surface area (Å²) in [6.07, 6.45) is 0.424. The Morgan fingerprint density at radius 2 is 1.76 bits per heavy atom. The second kappa shape index (κ2) is 6.80. The molecule has 6 heteroatoms. The van der Waals surface area contributed by atoms with Crippen LogP contribution in [-0.4, -0.2) is 15.0 Å². The van der Waals surface area contributed by atoms with Crippen molar-refractivity contribution in [3.05, 3.63) is 65.5 Å². The number of nitrogens with one attached hydrogen (secondary N) is 1. The fourth-order valence-corrected chi connectivity index (χ4v) is 3.05. The summed E-state index contributed by atoms with van der Waals surface area (Å²) in [6, 6.07) is 12.6. The van der Waals surface area contributed by atoms with Gasteiger partial charge in [-0.25, -0.2) is 17.5 Å². The minimum atomic E-state index is -3.57. The summed E-state index contributed by atoms with van der Waals surface area (Å²) in [5.41, 5.74) is 7.00. The molecule has 4 nitrogen and oxygen atoms in total. The van der Waals surface area contributed by atoms with E-state index in [0.29, 0.717) is 6.42 Å². The predicted octanol–water partition coefficient (Wildman–Crippen LogP) is 1.81. The van der Waals surface area contributed by atoms with E-state index >= 15 is 0 Å². The molecule has 0 bridgehead atoms. The van der Waals surface area contributed by atoms with Crippen LogP contribution in [0.15, 0.2) is 53.4 Å². The van der Waals surface area contributed by atoms with Crippen molar-refractivity contribution in [2.75, 3.05) is 6.54 Å². The van der Waals surface area contributed by atoms with Gasteiger partial charge in [-0.3, -0.25) is 0 Å². The first kappa shape index (κ1) is 15.6. The number of rotatable bonds is 6. The fraction of sp³-hybridized carbons (Fsp3) is 0.200. The van der Waals surface area contributed by atoms with E-state index in [0.717, 1.165) is 11.1 Å². The van der Waals surface area contributed by atoms with Crippen LogP contribution in [0.4, 0.5) is 4.39 Å². The van der Waals surface area contributed by atoms with Crippen molar-refractivity contribution < 1.29 is 12.8 Å². The van der Waals surface area contributed by atoms with E-state index in [2.05, 4.69) is 4.72 Å². The van der Waals surface area contributed by atoms with E-state index in [4.69, 9.17) is 5.73 Å². The number of hydrogen-bond acceptors (Lipinski definition) is 3. The Kier molecular flexibility index (Phi) is 5.06. The van der Waals surface area contributed by atoms with E-state index < -0.39 is 10.0 Å². The molecule has 0 fully saturated rings. The molecule has 0 saturated heterocycles. The Hall–Kier alpha value is -1.76. The largest absolute Gasteiger partial charge is 0.326 e. The van der Waals surface area contributed by atoms with Crippen molar-refractivity contribution in [2.45, 2.75) is 17.9 Å². The lowest BCUT2D eigenvalue weighted by Gasteiger charge is -2.08. The van der Waals surface area contributed by atoms with Gasteiger partial charge >= 0.3 is 0 Å². The van der Waals surface area contributed by atoms with Crippen LogP contribution in [0.25, 0.3) is 0 Å². The summed E-state index contributed by atoms with van der Waals surface area (Å²) < 4.78 is 39.8. The lowest BCUT2D eigenvalue weighted by molar-refractivity contribution is 0.581. The molecule has 2 aromatic rings. The molecule has 3 N–H and O–H groups in total. The first-order valence-electron chi connectivity index (χ1n) is 6.54. The van der Waals surface area contributed by atoms with Gasteiger partial charge in [0, 0.05) is 13.1 Å². The fourth-order valence-electron chi connectivity index (χ4n) is 1.95. The summed E-state index contributed by atoms with van der Waals surface area (Å²) in [4.78, 5) is 0.185. The van der Waals surface area contributed by atoms with Gasteiger partial charge in [-0.15, -0.1) is 0 Å². The molecule has 0 radical (unpaired) electrons. The molecule has 2 aromatic carbocycles. The van der Waals surface area contributed by atoms with Gasteiger partial charge < -0.3 is 5.73 Å². The summed E-state index contributed by atoms with van der Waals surface area (Å²) in [5.74, 6) is -0.328. The minimum Gasteiger partial charge on any atom is -0.326 e. The van der Waals surface area contributed by atoms with Crippen LogP contribution >= 0.6 is 0 Å². The molecule has 0 atom stereocenters. The maximum atomic E-state index is 13.0. The van der Waals surface area contributed by atoms with Crippen molar-refractivity contribution in [3.63, 3.8) is 0 Å². The van der Waals surface area contributed by atoms with Crippen LogP contribution in [0.5, 0.6) is 0 Å². The molecular formula is C15H17FN2O2S. The molecule has 0 amide bonds. The number of hydrogen-bond donors (Lipinski definition) is 2. The third kappa shape index (κ3) is 4.35. The monoisotopic (exact) mass is 308 g/mol. The lowest BCUT2D eigenvalue weighted by Crippen LogP contribution is -2.26. The van der Waals surface area contributed by atoms with E-state index in [9.17, 15) is 12.8 Å². The first-order valence-corrected chi connectivity index (χ1v) is 8.03. The normalized spacial score (nSPS) is 11.5. The molecule has 0 aliphatic heterocycles. The van der Waals surface area contributed by atoms with Crippen LogP contribution in [0, 0.1) is 5.82 Å². The molecule has 0 saturated carbocycles. The van der Waals surface area contributed by atoms with Crippen LogP contribution in [0.1, 0.15) is 11.1 Å². The second-order valence-corrected chi connectivity index (χ2v) is 6.40. The van der Waals surface area contributed by atoms with Gasteiger partial charge in [0.25, 0.3) is 0 Å². The highest BCUT2D eigenvalue weighted by atomic mass is 32.2. The van der Waals surface area contributed by atoms with Crippen LogP contribution in [0.3, 0.4) is 0 Å². The predicted molar refractivity (Wildman–Crippen MR) is 79.6 cm³/mol. The van der Waals surface area contributed by atoms with E-state index in [1.165, 1.54) is 18.2 Å². The zero-order valence-corrected chi connectivity index (χ0v) is 12.2. The molecule has 112 valence electrons. The highest BCUT2D eigenvalue weighted by Gasteiger charge is 2.13. The van der Waals surface area contributed by atoms with Crippen LogP contribution < -0.4 is 10.5 Å². The molecule has 0 heterocycles. The van der Waals surface area contributed by atoms with Gasteiger partial charge in [0.05, 0.1) is 4.90 Å². The molecule has 0 unspecified atom stereocenters. The number of halogens is 1. The van der Waals surface area contributed by atoms with Gasteiger partial charge in [-0.05, 0) is 41.8 Å². The van der Waals surface area contributed by atoms with Crippen molar-refractivity contribution >= 4 is 10.0 Å². The Balaban J connectivity index is 2.01. The Morgan fingerprint density at radius 3 is 2.48 bits per heavy atom. The van der Waals surface area contributed by atoms with Gasteiger partial charge in [0.2, 0.25) is 10.0 Å². The Bertz CT molecular complexity index is 717. The van der Waals surface area contributed by atoms with Crippen molar-refractivity contribution in [2.24, 2.45) is 5.73 Å². The third-order valence-corrected chi connectivity index (χ3v) is 4.50. The van der Waals surface area contributed by atoms with Crippen molar-refractivity contribution in [1.82, 2.24) is 4.72 Å². The quantitative estimate of drug-likeness (QED) is 0.855. The Labute approximate surface area is 123 Å². The average molecular weight is 308 g/mol. The second-order valence-electron chi connectivity index (χ2n) is 4.63. The van der Waals surface area contributed by atoms with Crippen molar-refractivity contribution in [1.29, 1.82) is 0 Å². The average Bonchev–Trinajstić information content (AvgIpc) is 2.47. The third-order valence-electron chi connectivity index (χ3n) is 3.04. The summed E-state index contributed by atoms with van der Waals surface area (Å²) in [5, 5.41) is 0. The minimum absolute atomic E-state index is 0.185. The number of benzene rings is 2. The number of nitrogens with two attached hydrogens (primary N) is 1. The van der Waals surface area contributed by atoms with E-state index in [1.54, 1.807) is 30.3 Å². The smallest absolute Gasteiger partial charge is 0.240 e. The highest BCUT2D eigenvalue weighted by molar-refractivity contribution is 7.89. The number of sulfonamides is 1. The van der Waals surface area contributed by atoms with Crippen LogP contribution in [-0.2, 0) is 23.0 Å².